The lowest BCUT2D eigenvalue weighted by atomic mass is 10.1. The van der Waals surface area contributed by atoms with Gasteiger partial charge in [-0.15, -0.1) is 0 Å². The van der Waals surface area contributed by atoms with Crippen LogP contribution in [0.4, 0.5) is 0 Å². The Morgan fingerprint density at radius 1 is 0.737 bits per heavy atom. The van der Waals surface area contributed by atoms with Crippen molar-refractivity contribution in [3.05, 3.63) is 25.3 Å². The van der Waals surface area contributed by atoms with Crippen molar-refractivity contribution in [2.45, 2.75) is 64.7 Å². The van der Waals surface area contributed by atoms with E-state index < -0.39 is 0 Å². The second-order valence-electron chi connectivity index (χ2n) is 6.11. The van der Waals surface area contributed by atoms with E-state index in [4.69, 9.17) is 0 Å². The fourth-order valence-corrected chi connectivity index (χ4v) is 2.68. The van der Waals surface area contributed by atoms with Crippen LogP contribution in [0.2, 0.25) is 0 Å². The molecule has 1 heteroatoms. The summed E-state index contributed by atoms with van der Waals surface area (Å²) in [6.07, 6.45) is 16.7. The minimum atomic E-state index is 1.06. The molecule has 1 nitrogen and oxygen atoms in total. The van der Waals surface area contributed by atoms with Crippen molar-refractivity contribution >= 4 is 0 Å². The molecule has 0 heterocycles. The van der Waals surface area contributed by atoms with Crippen LogP contribution in [0.3, 0.4) is 0 Å². The predicted octanol–water partition coefficient (Wildman–Crippen LogP) is 5.34. The fraction of sp³-hybridized carbons (Fsp3) is 0.778. The SMILES string of the molecule is C=CC[N+](C)(CC=C)CCCCCCCCCCC. The molecule has 19 heavy (non-hydrogen) atoms. The summed E-state index contributed by atoms with van der Waals surface area (Å²) in [4.78, 5) is 0. The molecule has 0 fully saturated rings. The normalized spacial score (nSPS) is 11.5. The Hall–Kier alpha value is -0.560. The summed E-state index contributed by atoms with van der Waals surface area (Å²) in [7, 11) is 2.31. The molecule has 112 valence electrons. The van der Waals surface area contributed by atoms with Gasteiger partial charge in [0.25, 0.3) is 0 Å². The van der Waals surface area contributed by atoms with Gasteiger partial charge in [-0.1, -0.05) is 65.0 Å². The average Bonchev–Trinajstić information content (AvgIpc) is 2.37. The van der Waals surface area contributed by atoms with Crippen molar-refractivity contribution in [1.29, 1.82) is 0 Å². The van der Waals surface area contributed by atoms with Crippen molar-refractivity contribution in [3.63, 3.8) is 0 Å². The van der Waals surface area contributed by atoms with Gasteiger partial charge in [-0.2, -0.15) is 0 Å². The average molecular weight is 266 g/mol. The molecule has 0 aromatic carbocycles. The van der Waals surface area contributed by atoms with E-state index in [-0.39, 0.29) is 0 Å². The van der Waals surface area contributed by atoms with Crippen molar-refractivity contribution in [3.8, 4) is 0 Å². The van der Waals surface area contributed by atoms with Gasteiger partial charge >= 0.3 is 0 Å². The van der Waals surface area contributed by atoms with Crippen molar-refractivity contribution in [2.75, 3.05) is 26.7 Å². The highest BCUT2D eigenvalue weighted by Crippen LogP contribution is 2.12. The molecule has 0 atom stereocenters. The third-order valence-electron chi connectivity index (χ3n) is 3.94. The molecule has 0 aliphatic rings. The molecule has 0 radical (unpaired) electrons. The van der Waals surface area contributed by atoms with Gasteiger partial charge in [0.15, 0.2) is 0 Å². The number of nitrogens with zero attached hydrogens (tertiary/aromatic N) is 1. The minimum absolute atomic E-state index is 1.06. The lowest BCUT2D eigenvalue weighted by molar-refractivity contribution is -0.898. The minimum Gasteiger partial charge on any atom is -0.320 e. The molecule has 0 aliphatic carbocycles. The van der Waals surface area contributed by atoms with Crippen LogP contribution in [0.15, 0.2) is 25.3 Å². The van der Waals surface area contributed by atoms with E-state index in [1.807, 2.05) is 12.2 Å². The number of unbranched alkanes of at least 4 members (excludes halogenated alkanes) is 8. The largest absolute Gasteiger partial charge is 0.320 e. The zero-order valence-corrected chi connectivity index (χ0v) is 13.5. The van der Waals surface area contributed by atoms with E-state index in [1.54, 1.807) is 0 Å². The first-order valence-electron chi connectivity index (χ1n) is 8.24. The second kappa shape index (κ2) is 12.5. The molecule has 0 aromatic heterocycles. The van der Waals surface area contributed by atoms with Gasteiger partial charge in [-0.05, 0) is 25.0 Å². The maximum Gasteiger partial charge on any atom is 0.0971 e. The van der Waals surface area contributed by atoms with E-state index >= 15 is 0 Å². The molecule has 0 amide bonds. The van der Waals surface area contributed by atoms with Crippen LogP contribution < -0.4 is 0 Å². The van der Waals surface area contributed by atoms with Crippen molar-refractivity contribution in [2.24, 2.45) is 0 Å². The van der Waals surface area contributed by atoms with Crippen LogP contribution >= 0.6 is 0 Å². The lowest BCUT2D eigenvalue weighted by Gasteiger charge is -2.32. The molecule has 0 saturated carbocycles. The van der Waals surface area contributed by atoms with Crippen molar-refractivity contribution in [1.82, 2.24) is 0 Å². The number of hydrogen-bond acceptors (Lipinski definition) is 0. The summed E-state index contributed by atoms with van der Waals surface area (Å²) in [5.41, 5.74) is 0. The van der Waals surface area contributed by atoms with E-state index in [9.17, 15) is 0 Å². The van der Waals surface area contributed by atoms with Crippen molar-refractivity contribution < 1.29 is 4.48 Å². The summed E-state index contributed by atoms with van der Waals surface area (Å²) in [6.45, 7) is 13.4. The van der Waals surface area contributed by atoms with E-state index in [0.29, 0.717) is 0 Å². The second-order valence-corrected chi connectivity index (χ2v) is 6.11. The van der Waals surface area contributed by atoms with Gasteiger partial charge in [0.05, 0.1) is 26.7 Å². The van der Waals surface area contributed by atoms with E-state index in [0.717, 1.165) is 17.6 Å². The first kappa shape index (κ1) is 18.4. The highest BCUT2D eigenvalue weighted by molar-refractivity contribution is 4.70. The third-order valence-corrected chi connectivity index (χ3v) is 3.94. The van der Waals surface area contributed by atoms with E-state index in [2.05, 4.69) is 27.1 Å². The maximum absolute atomic E-state index is 3.87. The zero-order chi connectivity index (χ0) is 14.4. The first-order chi connectivity index (χ1) is 9.18. The molecular weight excluding hydrogens is 230 g/mol. The van der Waals surface area contributed by atoms with Gasteiger partial charge in [0.1, 0.15) is 0 Å². The van der Waals surface area contributed by atoms with Gasteiger partial charge in [-0.3, -0.25) is 0 Å². The molecule has 0 saturated heterocycles. The molecular formula is C18H36N+. The highest BCUT2D eigenvalue weighted by Gasteiger charge is 2.16. The smallest absolute Gasteiger partial charge is 0.0971 e. The Morgan fingerprint density at radius 3 is 1.58 bits per heavy atom. The van der Waals surface area contributed by atoms with Gasteiger partial charge in [0.2, 0.25) is 0 Å². The Kier molecular flexibility index (Phi) is 12.1. The number of likely N-dealkylation sites (N-methyl/N-ethyl adjacent to an activating group) is 1. The summed E-state index contributed by atoms with van der Waals surface area (Å²) in [6, 6.07) is 0. The Morgan fingerprint density at radius 2 is 1.16 bits per heavy atom. The molecule has 0 unspecified atom stereocenters. The van der Waals surface area contributed by atoms with Crippen LogP contribution in [-0.2, 0) is 0 Å². The predicted molar refractivity (Wildman–Crippen MR) is 88.4 cm³/mol. The highest BCUT2D eigenvalue weighted by atomic mass is 15.3. The number of rotatable bonds is 14. The Labute approximate surface area is 122 Å². The number of hydrogen-bond donors (Lipinski definition) is 0. The van der Waals surface area contributed by atoms with Gasteiger partial charge in [-0.25, -0.2) is 0 Å². The fourth-order valence-electron chi connectivity index (χ4n) is 2.68. The lowest BCUT2D eigenvalue weighted by Crippen LogP contribution is -2.44. The molecule has 0 aromatic rings. The van der Waals surface area contributed by atoms with Gasteiger partial charge < -0.3 is 4.48 Å². The molecule has 0 N–H and O–H groups in total. The molecule has 0 bridgehead atoms. The molecule has 0 spiro atoms. The van der Waals surface area contributed by atoms with E-state index in [1.165, 1.54) is 64.3 Å². The summed E-state index contributed by atoms with van der Waals surface area (Å²) in [5.74, 6) is 0. The maximum atomic E-state index is 3.87. The zero-order valence-electron chi connectivity index (χ0n) is 13.5. The van der Waals surface area contributed by atoms with Crippen LogP contribution in [0.1, 0.15) is 64.7 Å². The molecule has 0 rings (SSSR count). The summed E-state index contributed by atoms with van der Waals surface area (Å²) in [5, 5.41) is 0. The van der Waals surface area contributed by atoms with Crippen LogP contribution in [0.5, 0.6) is 0 Å². The summed E-state index contributed by atoms with van der Waals surface area (Å²) >= 11 is 0. The van der Waals surface area contributed by atoms with Crippen LogP contribution in [0.25, 0.3) is 0 Å². The Bertz CT molecular complexity index is 210. The number of quaternary nitrogens is 1. The topological polar surface area (TPSA) is 0 Å². The third kappa shape index (κ3) is 11.0. The quantitative estimate of drug-likeness (QED) is 0.226. The van der Waals surface area contributed by atoms with Gasteiger partial charge in [0, 0.05) is 0 Å². The molecule has 0 aliphatic heterocycles. The summed E-state index contributed by atoms with van der Waals surface area (Å²) < 4.78 is 1.07. The van der Waals surface area contributed by atoms with Crippen LogP contribution in [0, 0.1) is 0 Å². The van der Waals surface area contributed by atoms with Crippen LogP contribution in [-0.4, -0.2) is 31.2 Å². The monoisotopic (exact) mass is 266 g/mol. The standard InChI is InChI=1S/C18H36N/c1-5-8-9-10-11-12-13-14-15-18-19(4,16-6-2)17-7-3/h6-7H,2-3,5,8-18H2,1,4H3/q+1. The first-order valence-corrected chi connectivity index (χ1v) is 8.24. The Balaban J connectivity index is 3.49.